The van der Waals surface area contributed by atoms with E-state index in [1.165, 1.54) is 6.08 Å². The Morgan fingerprint density at radius 3 is 2.62 bits per heavy atom. The molecule has 4 heteroatoms. The summed E-state index contributed by atoms with van der Waals surface area (Å²) < 4.78 is 5.59. The minimum absolute atomic E-state index is 0.0687. The molecule has 0 radical (unpaired) electrons. The van der Waals surface area contributed by atoms with E-state index >= 15 is 0 Å². The van der Waals surface area contributed by atoms with Crippen LogP contribution in [0.2, 0.25) is 5.02 Å². The van der Waals surface area contributed by atoms with Gasteiger partial charge in [-0.25, -0.2) is 0 Å². The molecule has 0 aliphatic carbocycles. The maximum Gasteiger partial charge on any atom is 0.187 e. The SMILES string of the molecule is CCCCOc1ccc(C(=O)C=CNc2ccc(C)c(Cl)c2)cc1. The lowest BCUT2D eigenvalue weighted by Crippen LogP contribution is -1.99. The summed E-state index contributed by atoms with van der Waals surface area (Å²) in [7, 11) is 0. The zero-order valence-electron chi connectivity index (χ0n) is 14.0. The number of allylic oxidation sites excluding steroid dienone is 1. The molecule has 0 spiro atoms. The van der Waals surface area contributed by atoms with Gasteiger partial charge in [0, 0.05) is 28.5 Å². The fraction of sp³-hybridized carbons (Fsp3) is 0.250. The summed E-state index contributed by atoms with van der Waals surface area (Å²) in [6, 6.07) is 12.9. The largest absolute Gasteiger partial charge is 0.494 e. The number of ether oxygens (including phenoxy) is 1. The molecule has 0 saturated carbocycles. The second-order valence-corrected chi connectivity index (χ2v) is 5.94. The monoisotopic (exact) mass is 343 g/mol. The van der Waals surface area contributed by atoms with Crippen molar-refractivity contribution in [2.24, 2.45) is 0 Å². The highest BCUT2D eigenvalue weighted by atomic mass is 35.5. The lowest BCUT2D eigenvalue weighted by Gasteiger charge is -2.05. The molecule has 1 N–H and O–H groups in total. The Morgan fingerprint density at radius 2 is 1.96 bits per heavy atom. The molecule has 0 amide bonds. The molecule has 0 bridgehead atoms. The fourth-order valence-corrected chi connectivity index (χ4v) is 2.22. The summed E-state index contributed by atoms with van der Waals surface area (Å²) in [5.41, 5.74) is 2.48. The van der Waals surface area contributed by atoms with Crippen molar-refractivity contribution in [3.05, 3.63) is 70.9 Å². The molecule has 0 aliphatic heterocycles. The molecule has 0 atom stereocenters. The van der Waals surface area contributed by atoms with Gasteiger partial charge in [0.25, 0.3) is 0 Å². The topological polar surface area (TPSA) is 38.3 Å². The predicted molar refractivity (Wildman–Crippen MR) is 100 cm³/mol. The Labute approximate surface area is 148 Å². The molecule has 2 aromatic carbocycles. The van der Waals surface area contributed by atoms with Crippen molar-refractivity contribution >= 4 is 23.1 Å². The number of ketones is 1. The molecule has 0 heterocycles. The number of nitrogens with one attached hydrogen (secondary N) is 1. The van der Waals surface area contributed by atoms with E-state index in [4.69, 9.17) is 16.3 Å². The van der Waals surface area contributed by atoms with Crippen LogP contribution in [0.4, 0.5) is 5.69 Å². The molecule has 2 aromatic rings. The van der Waals surface area contributed by atoms with E-state index in [1.807, 2.05) is 37.3 Å². The van der Waals surface area contributed by atoms with Crippen molar-refractivity contribution in [3.63, 3.8) is 0 Å². The first-order valence-corrected chi connectivity index (χ1v) is 8.44. The molecule has 0 saturated heterocycles. The zero-order valence-corrected chi connectivity index (χ0v) is 14.8. The van der Waals surface area contributed by atoms with Gasteiger partial charge in [0.15, 0.2) is 5.78 Å². The van der Waals surface area contributed by atoms with Gasteiger partial charge in [0.2, 0.25) is 0 Å². The van der Waals surface area contributed by atoms with Crippen molar-refractivity contribution in [2.75, 3.05) is 11.9 Å². The summed E-state index contributed by atoms with van der Waals surface area (Å²) >= 11 is 6.07. The van der Waals surface area contributed by atoms with Crippen LogP contribution in [0.3, 0.4) is 0 Å². The molecule has 126 valence electrons. The van der Waals surface area contributed by atoms with Gasteiger partial charge in [-0.05, 0) is 55.3 Å². The van der Waals surface area contributed by atoms with E-state index in [9.17, 15) is 4.79 Å². The minimum Gasteiger partial charge on any atom is -0.494 e. The van der Waals surface area contributed by atoms with Crippen LogP contribution < -0.4 is 10.1 Å². The first-order valence-electron chi connectivity index (χ1n) is 8.06. The second-order valence-electron chi connectivity index (χ2n) is 5.53. The third-order valence-electron chi connectivity index (χ3n) is 3.56. The van der Waals surface area contributed by atoms with Gasteiger partial charge in [-0.15, -0.1) is 0 Å². The van der Waals surface area contributed by atoms with Gasteiger partial charge in [-0.3, -0.25) is 4.79 Å². The van der Waals surface area contributed by atoms with Gasteiger partial charge in [-0.1, -0.05) is 31.0 Å². The van der Waals surface area contributed by atoms with Gasteiger partial charge in [0.05, 0.1) is 6.61 Å². The molecule has 0 aromatic heterocycles. The number of carbonyl (C=O) groups is 1. The second kappa shape index (κ2) is 9.14. The Balaban J connectivity index is 1.90. The van der Waals surface area contributed by atoms with Crippen LogP contribution in [0.5, 0.6) is 5.75 Å². The number of hydrogen-bond donors (Lipinski definition) is 1. The predicted octanol–water partition coefficient (Wildman–Crippen LogP) is 5.64. The lowest BCUT2D eigenvalue weighted by atomic mass is 10.1. The Kier molecular flexibility index (Phi) is 6.89. The normalized spacial score (nSPS) is 10.8. The Morgan fingerprint density at radius 1 is 1.21 bits per heavy atom. The van der Waals surface area contributed by atoms with Crippen molar-refractivity contribution in [1.82, 2.24) is 0 Å². The van der Waals surface area contributed by atoms with E-state index in [0.717, 1.165) is 29.8 Å². The number of benzene rings is 2. The maximum atomic E-state index is 12.1. The average Bonchev–Trinajstić information content (AvgIpc) is 2.59. The number of unbranched alkanes of at least 4 members (excludes halogenated alkanes) is 1. The molecular formula is C20H22ClNO2. The fourth-order valence-electron chi connectivity index (χ4n) is 2.04. The molecule has 24 heavy (non-hydrogen) atoms. The number of hydrogen-bond acceptors (Lipinski definition) is 3. The summed E-state index contributed by atoms with van der Waals surface area (Å²) in [6.45, 7) is 4.77. The standard InChI is InChI=1S/C20H22ClNO2/c1-3-4-13-24-18-9-6-16(7-10-18)20(23)11-12-22-17-8-5-15(2)19(21)14-17/h5-12,14,22H,3-4,13H2,1-2H3. The van der Waals surface area contributed by atoms with Crippen LogP contribution in [0.15, 0.2) is 54.7 Å². The number of anilines is 1. The molecule has 0 fully saturated rings. The van der Waals surface area contributed by atoms with Crippen LogP contribution in [-0.4, -0.2) is 12.4 Å². The van der Waals surface area contributed by atoms with Crippen LogP contribution in [0, 0.1) is 6.92 Å². The summed E-state index contributed by atoms with van der Waals surface area (Å²) in [6.07, 6.45) is 5.24. The Hall–Kier alpha value is -2.26. The first-order chi connectivity index (χ1) is 11.6. The van der Waals surface area contributed by atoms with E-state index in [-0.39, 0.29) is 5.78 Å². The summed E-state index contributed by atoms with van der Waals surface area (Å²) in [4.78, 5) is 12.1. The van der Waals surface area contributed by atoms with Crippen molar-refractivity contribution in [2.45, 2.75) is 26.7 Å². The van der Waals surface area contributed by atoms with Gasteiger partial charge >= 0.3 is 0 Å². The number of aryl methyl sites for hydroxylation is 1. The minimum atomic E-state index is -0.0687. The highest BCUT2D eigenvalue weighted by molar-refractivity contribution is 6.31. The van der Waals surface area contributed by atoms with E-state index < -0.39 is 0 Å². The molecule has 2 rings (SSSR count). The lowest BCUT2D eigenvalue weighted by molar-refractivity contribution is 0.104. The number of halogens is 1. The van der Waals surface area contributed by atoms with Crippen LogP contribution in [0.25, 0.3) is 0 Å². The molecule has 0 aliphatic rings. The van der Waals surface area contributed by atoms with Crippen molar-refractivity contribution < 1.29 is 9.53 Å². The average molecular weight is 344 g/mol. The Bertz CT molecular complexity index is 708. The van der Waals surface area contributed by atoms with Crippen LogP contribution >= 0.6 is 11.6 Å². The summed E-state index contributed by atoms with van der Waals surface area (Å²) in [5.74, 6) is 0.720. The zero-order chi connectivity index (χ0) is 17.4. The molecule has 3 nitrogen and oxygen atoms in total. The highest BCUT2D eigenvalue weighted by Gasteiger charge is 2.02. The van der Waals surface area contributed by atoms with Crippen molar-refractivity contribution in [3.8, 4) is 5.75 Å². The van der Waals surface area contributed by atoms with E-state index in [0.29, 0.717) is 17.2 Å². The van der Waals surface area contributed by atoms with E-state index in [2.05, 4.69) is 12.2 Å². The third-order valence-corrected chi connectivity index (χ3v) is 3.97. The van der Waals surface area contributed by atoms with Crippen LogP contribution in [0.1, 0.15) is 35.7 Å². The smallest absolute Gasteiger partial charge is 0.187 e. The highest BCUT2D eigenvalue weighted by Crippen LogP contribution is 2.20. The quantitative estimate of drug-likeness (QED) is 0.383. The van der Waals surface area contributed by atoms with E-state index in [1.54, 1.807) is 18.3 Å². The molecular weight excluding hydrogens is 322 g/mol. The first kappa shape index (κ1) is 18.1. The maximum absolute atomic E-state index is 12.1. The van der Waals surface area contributed by atoms with Gasteiger partial charge < -0.3 is 10.1 Å². The third kappa shape index (κ3) is 5.43. The molecule has 0 unspecified atom stereocenters. The van der Waals surface area contributed by atoms with Crippen molar-refractivity contribution in [1.29, 1.82) is 0 Å². The van der Waals surface area contributed by atoms with Crippen LogP contribution in [-0.2, 0) is 0 Å². The number of rotatable bonds is 8. The number of carbonyl (C=O) groups excluding carboxylic acids is 1. The van der Waals surface area contributed by atoms with Gasteiger partial charge in [0.1, 0.15) is 5.75 Å². The summed E-state index contributed by atoms with van der Waals surface area (Å²) in [5, 5.41) is 3.74. The van der Waals surface area contributed by atoms with Gasteiger partial charge in [-0.2, -0.15) is 0 Å².